The maximum Gasteiger partial charge on any atom is 0.337 e. The molecular formula is C16H12N2O4S. The van der Waals surface area contributed by atoms with E-state index in [4.69, 9.17) is 9.52 Å². The Morgan fingerprint density at radius 1 is 1.30 bits per heavy atom. The number of carboxylic acid groups (broad SMARTS) is 1. The van der Waals surface area contributed by atoms with Crippen LogP contribution >= 0.6 is 11.8 Å². The molecule has 0 saturated carbocycles. The molecule has 23 heavy (non-hydrogen) atoms. The average Bonchev–Trinajstić information content (AvgIpc) is 3.06. The summed E-state index contributed by atoms with van der Waals surface area (Å²) in [6, 6.07) is 9.94. The van der Waals surface area contributed by atoms with Crippen molar-refractivity contribution in [1.29, 1.82) is 0 Å². The van der Waals surface area contributed by atoms with Gasteiger partial charge >= 0.3 is 5.97 Å². The van der Waals surface area contributed by atoms with Crippen LogP contribution in [0.25, 0.3) is 6.08 Å². The number of hydrogen-bond donors (Lipinski definition) is 2. The molecule has 1 aliphatic heterocycles. The number of aromatic carboxylic acids is 1. The van der Waals surface area contributed by atoms with Gasteiger partial charge in [0.2, 0.25) is 0 Å². The Bertz CT molecular complexity index is 851. The zero-order valence-electron chi connectivity index (χ0n) is 12.1. The lowest BCUT2D eigenvalue weighted by Gasteiger charge is -2.00. The van der Waals surface area contributed by atoms with E-state index in [9.17, 15) is 9.59 Å². The lowest BCUT2D eigenvalue weighted by Crippen LogP contribution is -2.19. The molecule has 1 saturated heterocycles. The summed E-state index contributed by atoms with van der Waals surface area (Å²) in [7, 11) is 0. The highest BCUT2D eigenvalue weighted by atomic mass is 32.2. The second-order valence-electron chi connectivity index (χ2n) is 4.75. The van der Waals surface area contributed by atoms with Crippen molar-refractivity contribution in [2.75, 3.05) is 0 Å². The molecule has 116 valence electrons. The van der Waals surface area contributed by atoms with Gasteiger partial charge in [0, 0.05) is 6.08 Å². The highest BCUT2D eigenvalue weighted by Gasteiger charge is 2.24. The molecule has 1 aliphatic rings. The molecule has 0 unspecified atom stereocenters. The summed E-state index contributed by atoms with van der Waals surface area (Å²) in [5.41, 5.74) is 0.367. The summed E-state index contributed by atoms with van der Waals surface area (Å²) < 4.78 is 5.41. The van der Waals surface area contributed by atoms with Crippen molar-refractivity contribution < 1.29 is 19.1 Å². The third kappa shape index (κ3) is 3.35. The normalized spacial score (nSPS) is 17.7. The first-order valence-electron chi connectivity index (χ1n) is 6.71. The Hall–Kier alpha value is -2.80. The molecule has 2 aromatic rings. The summed E-state index contributed by atoms with van der Waals surface area (Å²) in [4.78, 5) is 27.8. The van der Waals surface area contributed by atoms with E-state index < -0.39 is 5.97 Å². The Morgan fingerprint density at radius 3 is 2.78 bits per heavy atom. The first-order chi connectivity index (χ1) is 11.0. The number of aliphatic imine (C=N–C) groups is 1. The molecule has 2 heterocycles. The van der Waals surface area contributed by atoms with Crippen LogP contribution in [0.2, 0.25) is 0 Å². The molecule has 1 aromatic heterocycles. The predicted octanol–water partition coefficient (Wildman–Crippen LogP) is 3.18. The summed E-state index contributed by atoms with van der Waals surface area (Å²) in [6.45, 7) is 1.82. The molecule has 7 heteroatoms. The van der Waals surface area contributed by atoms with Crippen LogP contribution in [0.4, 0.5) is 5.69 Å². The van der Waals surface area contributed by atoms with E-state index in [0.717, 1.165) is 17.5 Å². The number of para-hydroxylation sites is 1. The fourth-order valence-electron chi connectivity index (χ4n) is 2.00. The minimum Gasteiger partial charge on any atom is -0.478 e. The zero-order chi connectivity index (χ0) is 16.4. The molecule has 0 aliphatic carbocycles. The number of carbonyl (C=O) groups excluding carboxylic acids is 1. The zero-order valence-corrected chi connectivity index (χ0v) is 12.9. The number of amides is 1. The van der Waals surface area contributed by atoms with Crippen molar-refractivity contribution in [3.8, 4) is 0 Å². The average molecular weight is 328 g/mol. The predicted molar refractivity (Wildman–Crippen MR) is 87.7 cm³/mol. The second kappa shape index (κ2) is 6.13. The first-order valence-corrected chi connectivity index (χ1v) is 7.53. The van der Waals surface area contributed by atoms with Crippen LogP contribution in [0.5, 0.6) is 0 Å². The van der Waals surface area contributed by atoms with Crippen LogP contribution in [0, 0.1) is 6.92 Å². The van der Waals surface area contributed by atoms with Gasteiger partial charge in [-0.2, -0.15) is 0 Å². The quantitative estimate of drug-likeness (QED) is 0.844. The number of benzene rings is 1. The van der Waals surface area contributed by atoms with E-state index in [1.807, 2.05) is 13.0 Å². The van der Waals surface area contributed by atoms with Crippen molar-refractivity contribution in [2.24, 2.45) is 4.99 Å². The Balaban J connectivity index is 1.88. The Kier molecular flexibility index (Phi) is 4.03. The standard InChI is InChI=1S/C16H12N2O4S/c1-9-6-7-10(22-9)8-13-14(19)18-16(23-13)17-12-5-3-2-4-11(12)15(20)21/h2-8H,1H3,(H,20,21)(H,17,18,19). The third-order valence-corrected chi connectivity index (χ3v) is 3.95. The van der Waals surface area contributed by atoms with Gasteiger partial charge in [0.15, 0.2) is 5.17 Å². The highest BCUT2D eigenvalue weighted by Crippen LogP contribution is 2.29. The number of nitrogens with zero attached hydrogens (tertiary/aromatic N) is 1. The minimum atomic E-state index is -1.07. The van der Waals surface area contributed by atoms with Crippen molar-refractivity contribution >= 4 is 40.6 Å². The van der Waals surface area contributed by atoms with Crippen LogP contribution < -0.4 is 5.32 Å². The van der Waals surface area contributed by atoms with Gasteiger partial charge in [0.1, 0.15) is 11.5 Å². The maximum absolute atomic E-state index is 12.0. The van der Waals surface area contributed by atoms with E-state index in [0.29, 0.717) is 15.8 Å². The molecule has 1 aromatic carbocycles. The summed E-state index contributed by atoms with van der Waals surface area (Å²) in [5, 5.41) is 12.1. The fraction of sp³-hybridized carbons (Fsp3) is 0.0625. The SMILES string of the molecule is Cc1ccc(C=C2SC(=Nc3ccccc3C(=O)O)NC2=O)o1. The van der Waals surface area contributed by atoms with Crippen LogP contribution in [0.15, 0.2) is 50.7 Å². The Morgan fingerprint density at radius 2 is 2.09 bits per heavy atom. The number of hydrogen-bond acceptors (Lipinski definition) is 5. The largest absolute Gasteiger partial charge is 0.478 e. The molecule has 3 rings (SSSR count). The van der Waals surface area contributed by atoms with Crippen molar-refractivity contribution in [3.05, 3.63) is 58.4 Å². The van der Waals surface area contributed by atoms with E-state index in [1.165, 1.54) is 6.07 Å². The molecule has 1 fully saturated rings. The number of furan rings is 1. The molecule has 0 bridgehead atoms. The number of thioether (sulfide) groups is 1. The van der Waals surface area contributed by atoms with Crippen molar-refractivity contribution in [3.63, 3.8) is 0 Å². The Labute approximate surface area is 135 Å². The van der Waals surface area contributed by atoms with Crippen LogP contribution in [-0.4, -0.2) is 22.2 Å². The molecule has 0 spiro atoms. The summed E-state index contributed by atoms with van der Waals surface area (Å²) >= 11 is 1.14. The first kappa shape index (κ1) is 15.1. The number of carbonyl (C=O) groups is 2. The number of carboxylic acids is 1. The number of aryl methyl sites for hydroxylation is 1. The van der Waals surface area contributed by atoms with E-state index in [1.54, 1.807) is 30.3 Å². The number of nitrogens with one attached hydrogen (secondary N) is 1. The second-order valence-corrected chi connectivity index (χ2v) is 5.78. The van der Waals surface area contributed by atoms with Gasteiger partial charge < -0.3 is 14.8 Å². The lowest BCUT2D eigenvalue weighted by atomic mass is 10.2. The molecule has 0 radical (unpaired) electrons. The van der Waals surface area contributed by atoms with Gasteiger partial charge in [-0.25, -0.2) is 9.79 Å². The molecule has 2 N–H and O–H groups in total. The van der Waals surface area contributed by atoms with Crippen LogP contribution in [-0.2, 0) is 4.79 Å². The van der Waals surface area contributed by atoms with Gasteiger partial charge in [0.25, 0.3) is 5.91 Å². The fourth-order valence-corrected chi connectivity index (χ4v) is 2.82. The minimum absolute atomic E-state index is 0.0777. The van der Waals surface area contributed by atoms with E-state index in [-0.39, 0.29) is 17.2 Å². The molecule has 6 nitrogen and oxygen atoms in total. The highest BCUT2D eigenvalue weighted by molar-refractivity contribution is 8.18. The van der Waals surface area contributed by atoms with Gasteiger partial charge in [-0.05, 0) is 43.0 Å². The monoisotopic (exact) mass is 328 g/mol. The van der Waals surface area contributed by atoms with Gasteiger partial charge in [0.05, 0.1) is 16.2 Å². The van der Waals surface area contributed by atoms with E-state index >= 15 is 0 Å². The van der Waals surface area contributed by atoms with Crippen LogP contribution in [0.1, 0.15) is 21.9 Å². The molecular weight excluding hydrogens is 316 g/mol. The molecule has 0 atom stereocenters. The molecule has 1 amide bonds. The third-order valence-electron chi connectivity index (χ3n) is 3.04. The summed E-state index contributed by atoms with van der Waals surface area (Å²) in [5.74, 6) is -0.0337. The van der Waals surface area contributed by atoms with Crippen molar-refractivity contribution in [2.45, 2.75) is 6.92 Å². The van der Waals surface area contributed by atoms with Gasteiger partial charge in [-0.1, -0.05) is 12.1 Å². The number of rotatable bonds is 3. The lowest BCUT2D eigenvalue weighted by molar-refractivity contribution is -0.115. The van der Waals surface area contributed by atoms with Gasteiger partial charge in [-0.3, -0.25) is 4.79 Å². The topological polar surface area (TPSA) is 91.9 Å². The van der Waals surface area contributed by atoms with Gasteiger partial charge in [-0.15, -0.1) is 0 Å². The number of amidine groups is 1. The maximum atomic E-state index is 12.0. The smallest absolute Gasteiger partial charge is 0.337 e. The summed E-state index contributed by atoms with van der Waals surface area (Å²) in [6.07, 6.45) is 1.62. The van der Waals surface area contributed by atoms with Crippen LogP contribution in [0.3, 0.4) is 0 Å². The van der Waals surface area contributed by atoms with E-state index in [2.05, 4.69) is 10.3 Å². The van der Waals surface area contributed by atoms with Crippen molar-refractivity contribution in [1.82, 2.24) is 5.32 Å².